The molecule has 1 fully saturated rings. The maximum Gasteiger partial charge on any atom is 0.229 e. The highest BCUT2D eigenvalue weighted by atomic mass is 16.1. The molecule has 0 atom stereocenters. The predicted octanol–water partition coefficient (Wildman–Crippen LogP) is 4.98. The molecule has 0 saturated heterocycles. The number of hydrogen-bond acceptors (Lipinski definition) is 6. The van der Waals surface area contributed by atoms with Gasteiger partial charge in [0.05, 0.1) is 5.52 Å². The number of fused-ring (bicyclic) bond motifs is 1. The summed E-state index contributed by atoms with van der Waals surface area (Å²) in [5.41, 5.74) is 4.55. The maximum absolute atomic E-state index is 11.3. The minimum atomic E-state index is -0.0967. The Morgan fingerprint density at radius 3 is 2.68 bits per heavy atom. The number of anilines is 5. The van der Waals surface area contributed by atoms with E-state index >= 15 is 0 Å². The summed E-state index contributed by atoms with van der Waals surface area (Å²) in [6, 6.07) is 15.6. The number of H-pyrrole nitrogens is 1. The van der Waals surface area contributed by atoms with Crippen molar-refractivity contribution in [3.8, 4) is 0 Å². The Hall–Kier alpha value is -3.94. The van der Waals surface area contributed by atoms with Crippen molar-refractivity contribution in [2.75, 3.05) is 16.0 Å². The van der Waals surface area contributed by atoms with E-state index in [2.05, 4.69) is 31.1 Å². The van der Waals surface area contributed by atoms with Gasteiger partial charge in [-0.3, -0.25) is 9.89 Å². The highest BCUT2D eigenvalue weighted by Gasteiger charge is 2.25. The van der Waals surface area contributed by atoms with Gasteiger partial charge in [0.2, 0.25) is 11.9 Å². The van der Waals surface area contributed by atoms with Gasteiger partial charge >= 0.3 is 0 Å². The summed E-state index contributed by atoms with van der Waals surface area (Å²) in [4.78, 5) is 20.7. The zero-order valence-corrected chi connectivity index (χ0v) is 17.4. The van der Waals surface area contributed by atoms with E-state index in [1.807, 2.05) is 55.5 Å². The normalized spacial score (nSPS) is 13.2. The lowest BCUT2D eigenvalue weighted by atomic mass is 10.1. The molecule has 0 spiro atoms. The third-order valence-corrected chi connectivity index (χ3v) is 5.26. The lowest BCUT2D eigenvalue weighted by molar-refractivity contribution is -0.114. The molecule has 31 heavy (non-hydrogen) atoms. The van der Waals surface area contributed by atoms with E-state index in [1.165, 1.54) is 19.8 Å². The molecule has 8 heteroatoms. The average Bonchev–Trinajstić information content (AvgIpc) is 3.49. The molecule has 2 aromatic heterocycles. The Morgan fingerprint density at radius 2 is 1.90 bits per heavy atom. The van der Waals surface area contributed by atoms with Crippen LogP contribution in [0.25, 0.3) is 10.9 Å². The second kappa shape index (κ2) is 7.71. The van der Waals surface area contributed by atoms with Crippen molar-refractivity contribution >= 4 is 45.8 Å². The van der Waals surface area contributed by atoms with Crippen LogP contribution in [-0.2, 0) is 4.79 Å². The van der Waals surface area contributed by atoms with Gasteiger partial charge < -0.3 is 16.0 Å². The molecule has 5 rings (SSSR count). The van der Waals surface area contributed by atoms with Crippen LogP contribution in [0.2, 0.25) is 0 Å². The molecule has 4 N–H and O–H groups in total. The van der Waals surface area contributed by atoms with E-state index in [1.54, 1.807) is 0 Å². The van der Waals surface area contributed by atoms with E-state index in [4.69, 9.17) is 4.98 Å². The molecule has 1 saturated carbocycles. The van der Waals surface area contributed by atoms with Gasteiger partial charge in [0.25, 0.3) is 0 Å². The summed E-state index contributed by atoms with van der Waals surface area (Å²) < 4.78 is 0. The van der Waals surface area contributed by atoms with E-state index in [0.29, 0.717) is 17.7 Å². The fourth-order valence-electron chi connectivity index (χ4n) is 3.55. The van der Waals surface area contributed by atoms with E-state index < -0.39 is 0 Å². The van der Waals surface area contributed by atoms with Crippen LogP contribution in [0, 0.1) is 6.92 Å². The minimum absolute atomic E-state index is 0.0967. The standard InChI is InChI=1S/C23H23N7O/c1-13-11-16(9-10-18(13)24-14(2)31)25-23-26-19-6-4-3-5-17(19)22(28-23)27-21-12-20(29-30-21)15-7-8-15/h3-6,9-12,15H,7-8H2,1-2H3,(H,24,31)(H3,25,26,27,28,29,30). The van der Waals surface area contributed by atoms with Crippen molar-refractivity contribution in [3.63, 3.8) is 0 Å². The average molecular weight is 413 g/mol. The Morgan fingerprint density at radius 1 is 1.06 bits per heavy atom. The molecule has 0 bridgehead atoms. The molecule has 2 aromatic carbocycles. The Bertz CT molecular complexity index is 1280. The Kier molecular flexibility index (Phi) is 4.74. The molecule has 0 aliphatic heterocycles. The summed E-state index contributed by atoms with van der Waals surface area (Å²) in [5, 5.41) is 17.9. The van der Waals surface area contributed by atoms with Gasteiger partial charge in [-0.25, -0.2) is 4.98 Å². The first-order valence-corrected chi connectivity index (χ1v) is 10.3. The van der Waals surface area contributed by atoms with Crippen molar-refractivity contribution < 1.29 is 4.79 Å². The summed E-state index contributed by atoms with van der Waals surface area (Å²) in [5.74, 6) is 2.42. The highest BCUT2D eigenvalue weighted by molar-refractivity contribution is 5.92. The topological polar surface area (TPSA) is 108 Å². The largest absolute Gasteiger partial charge is 0.326 e. The van der Waals surface area contributed by atoms with Crippen LogP contribution in [0.1, 0.15) is 36.9 Å². The predicted molar refractivity (Wildman–Crippen MR) is 122 cm³/mol. The zero-order chi connectivity index (χ0) is 21.4. The van der Waals surface area contributed by atoms with Gasteiger partial charge in [-0.15, -0.1) is 0 Å². The number of nitrogens with one attached hydrogen (secondary N) is 4. The number of aryl methyl sites for hydroxylation is 1. The monoisotopic (exact) mass is 413 g/mol. The lowest BCUT2D eigenvalue weighted by Crippen LogP contribution is -2.07. The second-order valence-electron chi connectivity index (χ2n) is 7.86. The van der Waals surface area contributed by atoms with Crippen LogP contribution in [0.4, 0.5) is 29.0 Å². The summed E-state index contributed by atoms with van der Waals surface area (Å²) in [7, 11) is 0. The van der Waals surface area contributed by atoms with Gasteiger partial charge in [0.1, 0.15) is 5.82 Å². The fourth-order valence-corrected chi connectivity index (χ4v) is 3.55. The van der Waals surface area contributed by atoms with E-state index in [9.17, 15) is 4.79 Å². The van der Waals surface area contributed by atoms with Crippen LogP contribution in [0.15, 0.2) is 48.5 Å². The third-order valence-electron chi connectivity index (χ3n) is 5.26. The van der Waals surface area contributed by atoms with Crippen molar-refractivity contribution in [2.45, 2.75) is 32.6 Å². The van der Waals surface area contributed by atoms with Crippen LogP contribution < -0.4 is 16.0 Å². The van der Waals surface area contributed by atoms with E-state index in [0.717, 1.165) is 39.4 Å². The third kappa shape index (κ3) is 4.18. The molecular formula is C23H23N7O. The van der Waals surface area contributed by atoms with Crippen molar-refractivity contribution in [3.05, 3.63) is 59.8 Å². The maximum atomic E-state index is 11.3. The molecule has 8 nitrogen and oxygen atoms in total. The van der Waals surface area contributed by atoms with Gasteiger partial charge in [-0.1, -0.05) is 12.1 Å². The number of nitrogens with zero attached hydrogens (tertiary/aromatic N) is 3. The quantitative estimate of drug-likeness (QED) is 0.355. The number of benzene rings is 2. The van der Waals surface area contributed by atoms with Gasteiger partial charge in [-0.05, 0) is 55.7 Å². The Balaban J connectivity index is 1.45. The molecule has 1 amide bonds. The van der Waals surface area contributed by atoms with Crippen LogP contribution in [0.5, 0.6) is 0 Å². The number of hydrogen-bond donors (Lipinski definition) is 4. The molecule has 4 aromatic rings. The number of carbonyl (C=O) groups is 1. The first-order valence-electron chi connectivity index (χ1n) is 10.3. The number of aromatic nitrogens is 4. The number of carbonyl (C=O) groups excluding carboxylic acids is 1. The van der Waals surface area contributed by atoms with Crippen molar-refractivity contribution in [1.29, 1.82) is 0 Å². The molecule has 1 aliphatic rings. The van der Waals surface area contributed by atoms with Crippen molar-refractivity contribution in [2.24, 2.45) is 0 Å². The summed E-state index contributed by atoms with van der Waals surface area (Å²) >= 11 is 0. The van der Waals surface area contributed by atoms with Crippen LogP contribution in [0.3, 0.4) is 0 Å². The molecule has 0 radical (unpaired) electrons. The number of rotatable bonds is 6. The van der Waals surface area contributed by atoms with Crippen LogP contribution in [-0.4, -0.2) is 26.1 Å². The molecule has 0 unspecified atom stereocenters. The highest BCUT2D eigenvalue weighted by Crippen LogP contribution is 2.39. The van der Waals surface area contributed by atoms with Crippen LogP contribution >= 0.6 is 0 Å². The summed E-state index contributed by atoms with van der Waals surface area (Å²) in [6.07, 6.45) is 2.43. The molecule has 156 valence electrons. The second-order valence-corrected chi connectivity index (χ2v) is 7.86. The number of para-hydroxylation sites is 1. The zero-order valence-electron chi connectivity index (χ0n) is 17.4. The first kappa shape index (κ1) is 19.0. The lowest BCUT2D eigenvalue weighted by Gasteiger charge is -2.12. The minimum Gasteiger partial charge on any atom is -0.326 e. The smallest absolute Gasteiger partial charge is 0.229 e. The van der Waals surface area contributed by atoms with Gasteiger partial charge in [-0.2, -0.15) is 10.1 Å². The molecule has 2 heterocycles. The number of amides is 1. The SMILES string of the molecule is CC(=O)Nc1ccc(Nc2nc(Nc3cc(C4CC4)[nH]n3)c3ccccc3n2)cc1C. The van der Waals surface area contributed by atoms with E-state index in [-0.39, 0.29) is 5.91 Å². The van der Waals surface area contributed by atoms with Gasteiger partial charge in [0, 0.05) is 41.4 Å². The molecular weight excluding hydrogens is 390 g/mol. The van der Waals surface area contributed by atoms with Crippen molar-refractivity contribution in [1.82, 2.24) is 20.2 Å². The molecule has 1 aliphatic carbocycles. The number of aromatic amines is 1. The fraction of sp³-hybridized carbons (Fsp3) is 0.217. The first-order chi connectivity index (χ1) is 15.0. The summed E-state index contributed by atoms with van der Waals surface area (Å²) in [6.45, 7) is 3.44. The Labute approximate surface area is 179 Å². The van der Waals surface area contributed by atoms with Gasteiger partial charge in [0.15, 0.2) is 5.82 Å².